The van der Waals surface area contributed by atoms with Gasteiger partial charge in [-0.2, -0.15) is 9.61 Å². The van der Waals surface area contributed by atoms with Gasteiger partial charge in [-0.15, -0.1) is 22.0 Å². The van der Waals surface area contributed by atoms with E-state index in [4.69, 9.17) is 5.11 Å². The van der Waals surface area contributed by atoms with Crippen molar-refractivity contribution in [1.29, 1.82) is 0 Å². The van der Waals surface area contributed by atoms with E-state index in [1.165, 1.54) is 15.9 Å². The molecule has 24 heavy (non-hydrogen) atoms. The number of hydrogen-bond acceptors (Lipinski definition) is 9. The van der Waals surface area contributed by atoms with Gasteiger partial charge >= 0.3 is 0 Å². The van der Waals surface area contributed by atoms with Crippen LogP contribution in [0.25, 0.3) is 4.96 Å². The van der Waals surface area contributed by atoms with Crippen molar-refractivity contribution in [3.05, 3.63) is 41.2 Å². The molecule has 1 aromatic carbocycles. The molecular weight excluding hydrogens is 352 g/mol. The van der Waals surface area contributed by atoms with E-state index in [0.717, 1.165) is 9.90 Å². The lowest BCUT2D eigenvalue weighted by atomic mass is 10.1. The Hall–Kier alpha value is -1.56. The van der Waals surface area contributed by atoms with Crippen molar-refractivity contribution in [2.45, 2.75) is 29.0 Å². The predicted molar refractivity (Wildman–Crippen MR) is 88.7 cm³/mol. The van der Waals surface area contributed by atoms with Crippen LogP contribution < -0.4 is 0 Å². The Morgan fingerprint density at radius 2 is 1.88 bits per heavy atom. The number of hydrogen-bond donors (Lipinski definition) is 4. The fourth-order valence-electron chi connectivity index (χ4n) is 2.05. The van der Waals surface area contributed by atoms with Gasteiger partial charge in [-0.3, -0.25) is 0 Å². The molecule has 0 radical (unpaired) electrons. The molecule has 4 N–H and O–H groups in total. The molecule has 2 heterocycles. The molecule has 0 amide bonds. The van der Waals surface area contributed by atoms with Crippen molar-refractivity contribution >= 4 is 28.1 Å². The number of aromatic nitrogens is 4. The summed E-state index contributed by atoms with van der Waals surface area (Å²) in [4.78, 5) is 1.60. The number of aliphatic hydroxyl groups excluding tert-OH is 4. The van der Waals surface area contributed by atoms with Gasteiger partial charge in [-0.25, -0.2) is 0 Å². The number of rotatable bonds is 7. The lowest BCUT2D eigenvalue weighted by Gasteiger charge is -2.19. The fourth-order valence-corrected chi connectivity index (χ4v) is 3.79. The highest BCUT2D eigenvalue weighted by atomic mass is 32.2. The number of fused-ring (bicyclic) bond motifs is 1. The third-order valence-electron chi connectivity index (χ3n) is 3.33. The highest BCUT2D eigenvalue weighted by molar-refractivity contribution is 7.98. The maximum atomic E-state index is 10.1. The highest BCUT2D eigenvalue weighted by Crippen LogP contribution is 2.26. The zero-order valence-electron chi connectivity index (χ0n) is 12.4. The van der Waals surface area contributed by atoms with Crippen LogP contribution in [0.5, 0.6) is 0 Å². The summed E-state index contributed by atoms with van der Waals surface area (Å²) in [6, 6.07) is 9.89. The molecule has 0 fully saturated rings. The van der Waals surface area contributed by atoms with Gasteiger partial charge in [-0.1, -0.05) is 29.5 Å². The third kappa shape index (κ3) is 3.58. The van der Waals surface area contributed by atoms with E-state index in [-0.39, 0.29) is 5.82 Å². The zero-order chi connectivity index (χ0) is 17.1. The minimum Gasteiger partial charge on any atom is -0.394 e. The first-order chi connectivity index (χ1) is 11.6. The van der Waals surface area contributed by atoms with Crippen molar-refractivity contribution in [3.63, 3.8) is 0 Å². The zero-order valence-corrected chi connectivity index (χ0v) is 14.1. The maximum Gasteiger partial charge on any atom is 0.234 e. The molecule has 0 unspecified atom stereocenters. The molecule has 0 aliphatic rings. The second kappa shape index (κ2) is 7.55. The van der Waals surface area contributed by atoms with Gasteiger partial charge in [-0.05, 0) is 12.1 Å². The Kier molecular flexibility index (Phi) is 5.43. The van der Waals surface area contributed by atoms with Gasteiger partial charge in [0.2, 0.25) is 4.96 Å². The molecule has 0 aliphatic heterocycles. The van der Waals surface area contributed by atoms with Crippen LogP contribution in [-0.4, -0.2) is 59.1 Å². The Bertz CT molecular complexity index is 795. The van der Waals surface area contributed by atoms with E-state index >= 15 is 0 Å². The van der Waals surface area contributed by atoms with Crippen LogP contribution in [0.3, 0.4) is 0 Å². The molecule has 10 heteroatoms. The Balaban J connectivity index is 1.76. The van der Waals surface area contributed by atoms with E-state index in [0.29, 0.717) is 10.7 Å². The van der Waals surface area contributed by atoms with Gasteiger partial charge in [0.1, 0.15) is 23.3 Å². The van der Waals surface area contributed by atoms with Crippen LogP contribution in [0, 0.1) is 0 Å². The number of thioether (sulfide) groups is 1. The van der Waals surface area contributed by atoms with Crippen LogP contribution in [0.15, 0.2) is 35.2 Å². The largest absolute Gasteiger partial charge is 0.394 e. The Morgan fingerprint density at radius 1 is 1.12 bits per heavy atom. The van der Waals surface area contributed by atoms with Crippen molar-refractivity contribution < 1.29 is 20.4 Å². The van der Waals surface area contributed by atoms with E-state index in [9.17, 15) is 15.3 Å². The Morgan fingerprint density at radius 3 is 2.58 bits per heavy atom. The van der Waals surface area contributed by atoms with E-state index in [2.05, 4.69) is 15.3 Å². The highest BCUT2D eigenvalue weighted by Gasteiger charge is 2.30. The number of aliphatic hydroxyl groups is 4. The SMILES string of the molecule is OC[C@@H](O)[C@H](O)[C@H](O)c1nnc2sc(CSc3ccccc3)nn12. The lowest BCUT2D eigenvalue weighted by Crippen LogP contribution is -2.35. The summed E-state index contributed by atoms with van der Waals surface area (Å²) in [5, 5.41) is 51.1. The lowest BCUT2D eigenvalue weighted by molar-refractivity contribution is -0.0808. The molecule has 3 aromatic rings. The van der Waals surface area contributed by atoms with Gasteiger partial charge in [0.15, 0.2) is 5.82 Å². The van der Waals surface area contributed by atoms with Crippen LogP contribution in [-0.2, 0) is 5.75 Å². The van der Waals surface area contributed by atoms with Crippen LogP contribution >= 0.6 is 23.1 Å². The predicted octanol–water partition coefficient (Wildman–Crippen LogP) is 0.226. The molecule has 128 valence electrons. The first-order valence-corrected chi connectivity index (χ1v) is 8.94. The first-order valence-electron chi connectivity index (χ1n) is 7.14. The average Bonchev–Trinajstić information content (AvgIpc) is 3.19. The minimum absolute atomic E-state index is 0.0252. The third-order valence-corrected chi connectivity index (χ3v) is 5.44. The van der Waals surface area contributed by atoms with Crippen molar-refractivity contribution in [3.8, 4) is 0 Å². The minimum atomic E-state index is -1.58. The van der Waals surface area contributed by atoms with Crippen molar-refractivity contribution in [2.75, 3.05) is 6.61 Å². The molecule has 2 aromatic heterocycles. The van der Waals surface area contributed by atoms with Gasteiger partial charge in [0.25, 0.3) is 0 Å². The fraction of sp³-hybridized carbons (Fsp3) is 0.357. The summed E-state index contributed by atoms with van der Waals surface area (Å²) in [7, 11) is 0. The van der Waals surface area contributed by atoms with Crippen molar-refractivity contribution in [1.82, 2.24) is 19.8 Å². The molecule has 0 aliphatic carbocycles. The van der Waals surface area contributed by atoms with Crippen LogP contribution in [0.2, 0.25) is 0 Å². The molecule has 0 spiro atoms. The smallest absolute Gasteiger partial charge is 0.234 e. The second-order valence-electron chi connectivity index (χ2n) is 5.04. The summed E-state index contributed by atoms with van der Waals surface area (Å²) in [5.74, 6) is 0.660. The normalized spacial score (nSPS) is 15.5. The van der Waals surface area contributed by atoms with Crippen LogP contribution in [0.1, 0.15) is 16.9 Å². The quantitative estimate of drug-likeness (QED) is 0.437. The van der Waals surface area contributed by atoms with E-state index in [1.54, 1.807) is 11.8 Å². The van der Waals surface area contributed by atoms with Gasteiger partial charge < -0.3 is 20.4 Å². The molecule has 0 saturated carbocycles. The summed E-state index contributed by atoms with van der Waals surface area (Å²) in [6.45, 7) is -0.670. The summed E-state index contributed by atoms with van der Waals surface area (Å²) in [6.07, 6.45) is -4.55. The topological polar surface area (TPSA) is 124 Å². The summed E-state index contributed by atoms with van der Waals surface area (Å²) >= 11 is 2.96. The van der Waals surface area contributed by atoms with E-state index in [1.807, 2.05) is 30.3 Å². The van der Waals surface area contributed by atoms with Gasteiger partial charge in [0.05, 0.1) is 12.4 Å². The van der Waals surface area contributed by atoms with E-state index < -0.39 is 24.9 Å². The summed E-state index contributed by atoms with van der Waals surface area (Å²) < 4.78 is 1.35. The molecular formula is C14H16N4O4S2. The molecule has 8 nitrogen and oxygen atoms in total. The van der Waals surface area contributed by atoms with Gasteiger partial charge in [0, 0.05) is 4.90 Å². The molecule has 3 rings (SSSR count). The van der Waals surface area contributed by atoms with Crippen molar-refractivity contribution in [2.24, 2.45) is 0 Å². The second-order valence-corrected chi connectivity index (χ2v) is 7.12. The average molecular weight is 368 g/mol. The Labute approximate surface area is 145 Å². The first kappa shape index (κ1) is 17.3. The standard InChI is InChI=1S/C14H16N4O4S2/c19-6-9(20)11(21)12(22)13-15-16-14-18(13)17-10(24-14)7-23-8-4-2-1-3-5-8/h1-5,9,11-12,19-22H,6-7H2/t9-,11+,12+/m1/s1. The summed E-state index contributed by atoms with van der Waals surface area (Å²) in [5.41, 5.74) is 0. The van der Waals surface area contributed by atoms with Crippen LogP contribution in [0.4, 0.5) is 0 Å². The number of nitrogens with zero attached hydrogens (tertiary/aromatic N) is 4. The maximum absolute atomic E-state index is 10.1. The molecule has 0 saturated heterocycles. The monoisotopic (exact) mass is 368 g/mol. The molecule has 3 atom stereocenters. The molecule has 0 bridgehead atoms. The number of benzene rings is 1.